The number of aromatic nitrogens is 2. The number of hydrogen-bond acceptors (Lipinski definition) is 4. The Hall–Kier alpha value is -2.05. The van der Waals surface area contributed by atoms with Gasteiger partial charge in [0.2, 0.25) is 5.91 Å². The topological polar surface area (TPSA) is 96.1 Å². The highest BCUT2D eigenvalue weighted by molar-refractivity contribution is 5.86. The molecule has 0 aliphatic rings. The van der Waals surface area contributed by atoms with Crippen LogP contribution in [-0.2, 0) is 16.0 Å². The molecule has 0 fully saturated rings. The summed E-state index contributed by atoms with van der Waals surface area (Å²) in [5, 5.41) is 12.3. The molecule has 1 rings (SSSR count). The Morgan fingerprint density at radius 1 is 1.25 bits per heavy atom. The standard InChI is InChI=1S/C17H30N4O3/c1-11(2)9-12(3)19-15(22)14(10-13-7-8-18-21-13)20-16(23)24-17(4,5)6/h7-8,11-12,14H,9-10H2,1-6H3,(H,18,21)(H,19,22)(H,20,23). The van der Waals surface area contributed by atoms with Gasteiger partial charge in [0, 0.05) is 24.4 Å². The normalized spacial score (nSPS) is 14.1. The molecule has 24 heavy (non-hydrogen) atoms. The van der Waals surface area contributed by atoms with Crippen LogP contribution in [0.3, 0.4) is 0 Å². The number of hydrogen-bond donors (Lipinski definition) is 3. The van der Waals surface area contributed by atoms with Gasteiger partial charge in [-0.2, -0.15) is 5.10 Å². The van der Waals surface area contributed by atoms with Crippen LogP contribution >= 0.6 is 0 Å². The second-order valence-electron chi connectivity index (χ2n) is 7.52. The minimum Gasteiger partial charge on any atom is -0.444 e. The molecule has 7 nitrogen and oxygen atoms in total. The number of alkyl carbamates (subject to hydrolysis) is 1. The molecule has 1 aromatic heterocycles. The lowest BCUT2D eigenvalue weighted by Crippen LogP contribution is -2.51. The zero-order valence-corrected chi connectivity index (χ0v) is 15.5. The summed E-state index contributed by atoms with van der Waals surface area (Å²) in [5.41, 5.74) is 0.145. The lowest BCUT2D eigenvalue weighted by Gasteiger charge is -2.24. The molecule has 0 aromatic carbocycles. The Morgan fingerprint density at radius 2 is 1.92 bits per heavy atom. The summed E-state index contributed by atoms with van der Waals surface area (Å²) in [6.07, 6.45) is 2.19. The molecule has 0 saturated heterocycles. The van der Waals surface area contributed by atoms with E-state index in [0.717, 1.165) is 12.1 Å². The summed E-state index contributed by atoms with van der Waals surface area (Å²) in [4.78, 5) is 24.6. The molecule has 136 valence electrons. The van der Waals surface area contributed by atoms with E-state index >= 15 is 0 Å². The summed E-state index contributed by atoms with van der Waals surface area (Å²) in [5.74, 6) is 0.244. The zero-order valence-electron chi connectivity index (χ0n) is 15.5. The van der Waals surface area contributed by atoms with Crippen LogP contribution in [0.15, 0.2) is 12.3 Å². The Kier molecular flexibility index (Phi) is 7.25. The predicted octanol–water partition coefficient (Wildman–Crippen LogP) is 2.40. The third kappa shape index (κ3) is 7.99. The van der Waals surface area contributed by atoms with Crippen molar-refractivity contribution in [3.63, 3.8) is 0 Å². The van der Waals surface area contributed by atoms with Gasteiger partial charge in [-0.1, -0.05) is 13.8 Å². The Morgan fingerprint density at radius 3 is 2.42 bits per heavy atom. The van der Waals surface area contributed by atoms with Gasteiger partial charge in [-0.15, -0.1) is 0 Å². The van der Waals surface area contributed by atoms with Crippen LogP contribution in [0.1, 0.15) is 53.7 Å². The number of nitrogens with zero attached hydrogens (tertiary/aromatic N) is 1. The van der Waals surface area contributed by atoms with Crippen molar-refractivity contribution in [2.45, 2.75) is 72.1 Å². The van der Waals surface area contributed by atoms with Crippen LogP contribution in [0.5, 0.6) is 0 Å². The summed E-state index contributed by atoms with van der Waals surface area (Å²) >= 11 is 0. The van der Waals surface area contributed by atoms with Crippen LogP contribution in [0.2, 0.25) is 0 Å². The van der Waals surface area contributed by atoms with Gasteiger partial charge in [-0.3, -0.25) is 9.89 Å². The first kappa shape index (κ1) is 20.0. The van der Waals surface area contributed by atoms with Crippen molar-refractivity contribution >= 4 is 12.0 Å². The van der Waals surface area contributed by atoms with E-state index in [9.17, 15) is 9.59 Å². The molecule has 7 heteroatoms. The number of rotatable bonds is 7. The number of H-pyrrole nitrogens is 1. The van der Waals surface area contributed by atoms with E-state index in [1.54, 1.807) is 33.0 Å². The van der Waals surface area contributed by atoms with Crippen LogP contribution in [0.4, 0.5) is 4.79 Å². The molecule has 2 amide bonds. The maximum atomic E-state index is 12.5. The van der Waals surface area contributed by atoms with Crippen molar-refractivity contribution < 1.29 is 14.3 Å². The SMILES string of the molecule is CC(C)CC(C)NC(=O)C(Cc1ccn[nH]1)NC(=O)OC(C)(C)C. The molecule has 0 radical (unpaired) electrons. The third-order valence-electron chi connectivity index (χ3n) is 3.20. The Balaban J connectivity index is 2.73. The molecular weight excluding hydrogens is 308 g/mol. The van der Waals surface area contributed by atoms with Gasteiger partial charge in [-0.05, 0) is 46.1 Å². The van der Waals surface area contributed by atoms with Crippen molar-refractivity contribution in [1.82, 2.24) is 20.8 Å². The minimum absolute atomic E-state index is 0.0298. The summed E-state index contributed by atoms with van der Waals surface area (Å²) in [6.45, 7) is 11.5. The quantitative estimate of drug-likeness (QED) is 0.711. The van der Waals surface area contributed by atoms with Crippen molar-refractivity contribution in [2.24, 2.45) is 5.92 Å². The van der Waals surface area contributed by atoms with Gasteiger partial charge in [0.1, 0.15) is 11.6 Å². The van der Waals surface area contributed by atoms with Crippen LogP contribution in [0.25, 0.3) is 0 Å². The van der Waals surface area contributed by atoms with E-state index in [1.807, 2.05) is 6.92 Å². The third-order valence-corrected chi connectivity index (χ3v) is 3.20. The van der Waals surface area contributed by atoms with Gasteiger partial charge in [0.25, 0.3) is 0 Å². The first-order chi connectivity index (χ1) is 11.1. The summed E-state index contributed by atoms with van der Waals surface area (Å²) in [7, 11) is 0. The molecular formula is C17H30N4O3. The van der Waals surface area contributed by atoms with Crippen molar-refractivity contribution in [3.8, 4) is 0 Å². The molecule has 1 heterocycles. The molecule has 1 aromatic rings. The molecule has 2 atom stereocenters. The largest absolute Gasteiger partial charge is 0.444 e. The highest BCUT2D eigenvalue weighted by atomic mass is 16.6. The highest BCUT2D eigenvalue weighted by Gasteiger charge is 2.26. The highest BCUT2D eigenvalue weighted by Crippen LogP contribution is 2.09. The molecule has 0 aliphatic carbocycles. The molecule has 0 spiro atoms. The maximum absolute atomic E-state index is 12.5. The second kappa shape index (κ2) is 8.70. The number of carbonyl (C=O) groups is 2. The zero-order chi connectivity index (χ0) is 18.3. The van der Waals surface area contributed by atoms with Crippen LogP contribution in [0, 0.1) is 5.92 Å². The monoisotopic (exact) mass is 338 g/mol. The smallest absolute Gasteiger partial charge is 0.408 e. The minimum atomic E-state index is -0.727. The number of ether oxygens (including phenoxy) is 1. The molecule has 3 N–H and O–H groups in total. The maximum Gasteiger partial charge on any atom is 0.408 e. The van der Waals surface area contributed by atoms with Gasteiger partial charge < -0.3 is 15.4 Å². The Bertz CT molecular complexity index is 520. The fraction of sp³-hybridized carbons (Fsp3) is 0.706. The fourth-order valence-corrected chi connectivity index (χ4v) is 2.39. The molecule has 0 aliphatic heterocycles. The van der Waals surface area contributed by atoms with E-state index < -0.39 is 17.7 Å². The first-order valence-corrected chi connectivity index (χ1v) is 8.35. The van der Waals surface area contributed by atoms with Crippen LogP contribution in [-0.4, -0.2) is 39.9 Å². The van der Waals surface area contributed by atoms with E-state index in [1.165, 1.54) is 0 Å². The molecule has 2 unspecified atom stereocenters. The van der Waals surface area contributed by atoms with Gasteiger partial charge in [0.15, 0.2) is 0 Å². The van der Waals surface area contributed by atoms with Gasteiger partial charge >= 0.3 is 6.09 Å². The predicted molar refractivity (Wildman–Crippen MR) is 92.5 cm³/mol. The van der Waals surface area contributed by atoms with Crippen LogP contribution < -0.4 is 10.6 Å². The van der Waals surface area contributed by atoms with Crippen molar-refractivity contribution in [2.75, 3.05) is 0 Å². The van der Waals surface area contributed by atoms with Gasteiger partial charge in [-0.25, -0.2) is 4.79 Å². The lowest BCUT2D eigenvalue weighted by molar-refractivity contribution is -0.123. The summed E-state index contributed by atoms with van der Waals surface area (Å²) in [6, 6.07) is 1.08. The van der Waals surface area contributed by atoms with E-state index in [0.29, 0.717) is 12.3 Å². The molecule has 0 saturated carbocycles. The average molecular weight is 338 g/mol. The number of amides is 2. The first-order valence-electron chi connectivity index (χ1n) is 8.35. The summed E-state index contributed by atoms with van der Waals surface area (Å²) < 4.78 is 5.25. The van der Waals surface area contributed by atoms with Crippen molar-refractivity contribution in [1.29, 1.82) is 0 Å². The van der Waals surface area contributed by atoms with Crippen molar-refractivity contribution in [3.05, 3.63) is 18.0 Å². The lowest BCUT2D eigenvalue weighted by atomic mass is 10.0. The van der Waals surface area contributed by atoms with Gasteiger partial charge in [0.05, 0.1) is 0 Å². The fourth-order valence-electron chi connectivity index (χ4n) is 2.39. The number of aromatic amines is 1. The molecule has 0 bridgehead atoms. The number of nitrogens with one attached hydrogen (secondary N) is 3. The number of carbonyl (C=O) groups excluding carboxylic acids is 2. The Labute approximate surface area is 143 Å². The van der Waals surface area contributed by atoms with E-state index in [2.05, 4.69) is 34.7 Å². The van der Waals surface area contributed by atoms with E-state index in [4.69, 9.17) is 4.74 Å². The average Bonchev–Trinajstić information content (AvgIpc) is 2.87. The van der Waals surface area contributed by atoms with E-state index in [-0.39, 0.29) is 11.9 Å². The second-order valence-corrected chi connectivity index (χ2v) is 7.52.